The first-order valence-corrected chi connectivity index (χ1v) is 10.4. The lowest BCUT2D eigenvalue weighted by atomic mass is 9.84. The van der Waals surface area contributed by atoms with Crippen LogP contribution in [0.2, 0.25) is 0 Å². The lowest BCUT2D eigenvalue weighted by Gasteiger charge is -2.36. The average molecular weight is 572 g/mol. The summed E-state index contributed by atoms with van der Waals surface area (Å²) in [6.07, 6.45) is -10.3. The number of alkyl halides is 10. The van der Waals surface area contributed by atoms with Crippen LogP contribution in [0, 0.1) is 41.0 Å². The second-order valence-electron chi connectivity index (χ2n) is 11.2. The van der Waals surface area contributed by atoms with Crippen molar-refractivity contribution < 1.29 is 61.5 Å². The van der Waals surface area contributed by atoms with Crippen molar-refractivity contribution in [1.29, 1.82) is 0 Å². The molecule has 0 saturated carbocycles. The fourth-order valence-electron chi connectivity index (χ4n) is 2.06. The van der Waals surface area contributed by atoms with Crippen molar-refractivity contribution in [2.24, 2.45) is 10.8 Å². The molecule has 1 aromatic carbocycles. The summed E-state index contributed by atoms with van der Waals surface area (Å²) in [7, 11) is 0. The zero-order valence-corrected chi connectivity index (χ0v) is 21.8. The number of hydrogen-bond acceptors (Lipinski definition) is 0. The van der Waals surface area contributed by atoms with Crippen molar-refractivity contribution >= 4 is 0 Å². The van der Waals surface area contributed by atoms with Gasteiger partial charge in [0.25, 0.3) is 0 Å². The van der Waals surface area contributed by atoms with Gasteiger partial charge in [0.15, 0.2) is 17.5 Å². The first kappa shape index (κ1) is 37.4. The molecule has 0 aliphatic carbocycles. The van der Waals surface area contributed by atoms with Crippen molar-refractivity contribution in [2.45, 2.75) is 98.9 Å². The normalized spacial score (nSPS) is 13.9. The predicted molar refractivity (Wildman–Crippen MR) is 111 cm³/mol. The molecule has 0 amide bonds. The van der Waals surface area contributed by atoms with E-state index in [-0.39, 0.29) is 0 Å². The second kappa shape index (κ2) is 11.2. The van der Waals surface area contributed by atoms with Gasteiger partial charge in [-0.25, -0.2) is 17.6 Å². The van der Waals surface area contributed by atoms with Gasteiger partial charge < -0.3 is 0 Å². The third-order valence-electron chi connectivity index (χ3n) is 4.78. The van der Waals surface area contributed by atoms with Crippen LogP contribution in [0.5, 0.6) is 0 Å². The maximum Gasteiger partial charge on any atom is 0.459 e. The summed E-state index contributed by atoms with van der Waals surface area (Å²) in [6.45, 7) is 11.0. The molecular formula is C23H30F14. The van der Waals surface area contributed by atoms with E-state index in [4.69, 9.17) is 0 Å². The van der Waals surface area contributed by atoms with Gasteiger partial charge in [-0.05, 0) is 12.3 Å². The summed E-state index contributed by atoms with van der Waals surface area (Å²) in [5.74, 6) is -16.7. The predicted octanol–water partition coefficient (Wildman–Crippen LogP) is 10.3. The van der Waals surface area contributed by atoms with Crippen LogP contribution in [0.1, 0.15) is 73.4 Å². The quantitative estimate of drug-likeness (QED) is 0.178. The van der Waals surface area contributed by atoms with Gasteiger partial charge >= 0.3 is 24.2 Å². The molecule has 0 bridgehead atoms. The molecule has 220 valence electrons. The molecule has 0 aliphatic heterocycles. The summed E-state index contributed by atoms with van der Waals surface area (Å²) in [6, 6.07) is 0. The summed E-state index contributed by atoms with van der Waals surface area (Å²) in [5.41, 5.74) is -5.84. The van der Waals surface area contributed by atoms with E-state index < -0.39 is 74.8 Å². The van der Waals surface area contributed by atoms with Crippen molar-refractivity contribution in [1.82, 2.24) is 0 Å². The van der Waals surface area contributed by atoms with Crippen molar-refractivity contribution in [3.8, 4) is 0 Å². The highest BCUT2D eigenvalue weighted by Crippen LogP contribution is 2.53. The second-order valence-corrected chi connectivity index (χ2v) is 11.2. The minimum Gasteiger partial charge on any atom is -0.206 e. The molecule has 0 spiro atoms. The molecule has 0 radical (unpaired) electrons. The van der Waals surface area contributed by atoms with Gasteiger partial charge in [0, 0.05) is 16.5 Å². The number of halogens is 14. The van der Waals surface area contributed by atoms with E-state index in [9.17, 15) is 61.5 Å². The van der Waals surface area contributed by atoms with Crippen LogP contribution in [0.3, 0.4) is 0 Å². The minimum atomic E-state index is -6.25. The van der Waals surface area contributed by atoms with Crippen LogP contribution in [-0.4, -0.2) is 24.2 Å². The van der Waals surface area contributed by atoms with Crippen LogP contribution in [0.4, 0.5) is 61.5 Å². The largest absolute Gasteiger partial charge is 0.459 e. The van der Waals surface area contributed by atoms with Crippen LogP contribution >= 0.6 is 0 Å². The standard InChI is InChI=1S/C11H12F4.C7H9F7.C5H9F3/c1-5-7(12)6(11(2,3)4)9(14)10(15)8(5)13;1-4(2,3)5(8,9)6(10,11)7(12,13)14;1-4(2,3)5(6,7)8/h1-4H3;1-3H3;1-3H3. The highest BCUT2D eigenvalue weighted by molar-refractivity contribution is 5.33. The molecule has 14 heteroatoms. The molecule has 1 rings (SSSR count). The Hall–Kier alpha value is -1.76. The molecule has 0 N–H and O–H groups in total. The van der Waals surface area contributed by atoms with E-state index in [1.165, 1.54) is 20.8 Å². The molecule has 0 fully saturated rings. The van der Waals surface area contributed by atoms with Crippen LogP contribution in [0.25, 0.3) is 0 Å². The van der Waals surface area contributed by atoms with Crippen molar-refractivity contribution in [3.05, 3.63) is 34.4 Å². The third kappa shape index (κ3) is 8.62. The van der Waals surface area contributed by atoms with E-state index in [1.807, 2.05) is 0 Å². The topological polar surface area (TPSA) is 0 Å². The smallest absolute Gasteiger partial charge is 0.206 e. The summed E-state index contributed by atoms with van der Waals surface area (Å²) in [4.78, 5) is 0. The molecule has 37 heavy (non-hydrogen) atoms. The summed E-state index contributed by atoms with van der Waals surface area (Å²) in [5, 5.41) is 0. The Morgan fingerprint density at radius 2 is 0.730 bits per heavy atom. The number of rotatable bonds is 1. The van der Waals surface area contributed by atoms with Gasteiger partial charge in [-0.1, -0.05) is 62.3 Å². The van der Waals surface area contributed by atoms with E-state index in [0.717, 1.165) is 27.7 Å². The molecule has 0 unspecified atom stereocenters. The molecular weight excluding hydrogens is 542 g/mol. The Labute approximate surface area is 206 Å². The van der Waals surface area contributed by atoms with Gasteiger partial charge in [-0.2, -0.15) is 43.9 Å². The van der Waals surface area contributed by atoms with Crippen LogP contribution < -0.4 is 0 Å². The SMILES string of the molecule is CC(C)(C)C(F)(F)C(F)(F)C(F)(F)F.CC(C)(C)C(F)(F)F.Cc1c(F)c(F)c(F)c(C(C)(C)C)c1F. The van der Waals surface area contributed by atoms with Gasteiger partial charge in [0.2, 0.25) is 0 Å². The highest BCUT2D eigenvalue weighted by Gasteiger charge is 2.76. The van der Waals surface area contributed by atoms with Gasteiger partial charge in [0.05, 0.1) is 5.41 Å². The molecule has 0 nitrogen and oxygen atoms in total. The maximum atomic E-state index is 13.6. The monoisotopic (exact) mass is 572 g/mol. The molecule has 0 aliphatic rings. The zero-order chi connectivity index (χ0) is 31.0. The van der Waals surface area contributed by atoms with E-state index >= 15 is 0 Å². The lowest BCUT2D eigenvalue weighted by Crippen LogP contribution is -2.58. The fourth-order valence-corrected chi connectivity index (χ4v) is 2.06. The van der Waals surface area contributed by atoms with Gasteiger partial charge in [-0.15, -0.1) is 0 Å². The van der Waals surface area contributed by atoms with E-state index in [1.54, 1.807) is 0 Å². The lowest BCUT2D eigenvalue weighted by molar-refractivity contribution is -0.375. The van der Waals surface area contributed by atoms with Crippen LogP contribution in [0.15, 0.2) is 0 Å². The first-order valence-electron chi connectivity index (χ1n) is 10.4. The Kier molecular flexibility index (Phi) is 11.3. The molecule has 0 aromatic heterocycles. The van der Waals surface area contributed by atoms with Crippen molar-refractivity contribution in [3.63, 3.8) is 0 Å². The summed E-state index contributed by atoms with van der Waals surface area (Å²) >= 11 is 0. The summed E-state index contributed by atoms with van der Waals surface area (Å²) < 4.78 is 173. The Morgan fingerprint density at radius 1 is 0.405 bits per heavy atom. The Bertz CT molecular complexity index is 837. The molecule has 1 aromatic rings. The fraction of sp³-hybridized carbons (Fsp3) is 0.739. The third-order valence-corrected chi connectivity index (χ3v) is 4.78. The minimum absolute atomic E-state index is 0.418. The highest BCUT2D eigenvalue weighted by atomic mass is 19.4. The number of benzene rings is 1. The molecule has 0 heterocycles. The van der Waals surface area contributed by atoms with E-state index in [2.05, 4.69) is 0 Å². The molecule has 0 atom stereocenters. The maximum absolute atomic E-state index is 13.6. The zero-order valence-electron chi connectivity index (χ0n) is 21.8. The van der Waals surface area contributed by atoms with Crippen LogP contribution in [-0.2, 0) is 5.41 Å². The molecule has 0 saturated heterocycles. The Morgan fingerprint density at radius 3 is 0.919 bits per heavy atom. The van der Waals surface area contributed by atoms with E-state index in [0.29, 0.717) is 20.8 Å². The first-order chi connectivity index (χ1) is 15.7. The van der Waals surface area contributed by atoms with Gasteiger partial charge in [0.1, 0.15) is 5.82 Å². The number of hydrogen-bond donors (Lipinski definition) is 0. The average Bonchev–Trinajstić information content (AvgIpc) is 2.61. The van der Waals surface area contributed by atoms with Crippen molar-refractivity contribution in [2.75, 3.05) is 0 Å². The van der Waals surface area contributed by atoms with Gasteiger partial charge in [-0.3, -0.25) is 0 Å². The Balaban J connectivity index is 0.